The number of thioether (sulfide) groups is 1. The number of rotatable bonds is 6. The Kier molecular flexibility index (Phi) is 5.15. The Labute approximate surface area is 122 Å². The summed E-state index contributed by atoms with van der Waals surface area (Å²) in [6.45, 7) is 0. The molecule has 5 heteroatoms. The molecule has 1 N–H and O–H groups in total. The van der Waals surface area contributed by atoms with E-state index in [0.717, 1.165) is 10.6 Å². The molecule has 2 aromatic rings. The van der Waals surface area contributed by atoms with Crippen LogP contribution in [0.4, 0.5) is 5.69 Å². The Morgan fingerprint density at radius 2 is 1.80 bits per heavy atom. The van der Waals surface area contributed by atoms with E-state index in [4.69, 9.17) is 0 Å². The molecule has 1 unspecified atom stereocenters. The Balaban J connectivity index is 1.98. The predicted octanol–water partition coefficient (Wildman–Crippen LogP) is 3.65. The summed E-state index contributed by atoms with van der Waals surface area (Å²) in [6.07, 6.45) is 0. The highest BCUT2D eigenvalue weighted by Gasteiger charge is 2.10. The molecular formula is C15H16N2O2S. The van der Waals surface area contributed by atoms with E-state index in [1.165, 1.54) is 5.56 Å². The minimum absolute atomic E-state index is 0.127. The number of hydrogen-bond acceptors (Lipinski definition) is 4. The molecule has 4 nitrogen and oxygen atoms in total. The Bertz CT molecular complexity index is 558. The van der Waals surface area contributed by atoms with Crippen molar-refractivity contribution in [1.29, 1.82) is 0 Å². The molecule has 0 bridgehead atoms. The van der Waals surface area contributed by atoms with E-state index in [2.05, 4.69) is 17.4 Å². The number of nitro benzene ring substituents is 1. The second-order valence-electron chi connectivity index (χ2n) is 4.31. The Morgan fingerprint density at radius 3 is 2.35 bits per heavy atom. The van der Waals surface area contributed by atoms with Gasteiger partial charge in [-0.25, -0.2) is 0 Å². The largest absolute Gasteiger partial charge is 0.312 e. The van der Waals surface area contributed by atoms with Gasteiger partial charge in [-0.1, -0.05) is 30.3 Å². The monoisotopic (exact) mass is 288 g/mol. The van der Waals surface area contributed by atoms with E-state index in [0.29, 0.717) is 0 Å². The summed E-state index contributed by atoms with van der Waals surface area (Å²) in [7, 11) is 1.94. The van der Waals surface area contributed by atoms with E-state index in [9.17, 15) is 10.1 Å². The third kappa shape index (κ3) is 3.82. The molecule has 0 heterocycles. The first-order chi connectivity index (χ1) is 9.70. The van der Waals surface area contributed by atoms with Crippen LogP contribution in [0.25, 0.3) is 0 Å². The van der Waals surface area contributed by atoms with Gasteiger partial charge in [-0.3, -0.25) is 10.1 Å². The third-order valence-corrected chi connectivity index (χ3v) is 4.12. The maximum atomic E-state index is 10.6. The van der Waals surface area contributed by atoms with Crippen molar-refractivity contribution in [1.82, 2.24) is 5.32 Å². The lowest BCUT2D eigenvalue weighted by Gasteiger charge is -2.16. The van der Waals surface area contributed by atoms with Crippen LogP contribution in [0, 0.1) is 10.1 Å². The number of nitro groups is 1. The first-order valence-corrected chi connectivity index (χ1v) is 7.28. The molecule has 2 aromatic carbocycles. The Hall–Kier alpha value is -1.85. The zero-order valence-corrected chi connectivity index (χ0v) is 12.0. The number of non-ortho nitro benzene ring substituents is 1. The van der Waals surface area contributed by atoms with E-state index >= 15 is 0 Å². The lowest BCUT2D eigenvalue weighted by atomic mass is 10.1. The molecular weight excluding hydrogens is 272 g/mol. The molecule has 1 atom stereocenters. The molecule has 0 saturated carbocycles. The molecule has 0 amide bonds. The predicted molar refractivity (Wildman–Crippen MR) is 82.1 cm³/mol. The van der Waals surface area contributed by atoms with Gasteiger partial charge in [0.1, 0.15) is 0 Å². The van der Waals surface area contributed by atoms with Crippen molar-refractivity contribution in [2.24, 2.45) is 0 Å². The smallest absolute Gasteiger partial charge is 0.269 e. The highest BCUT2D eigenvalue weighted by atomic mass is 32.2. The van der Waals surface area contributed by atoms with Gasteiger partial charge >= 0.3 is 0 Å². The molecule has 0 saturated heterocycles. The second kappa shape index (κ2) is 7.07. The summed E-state index contributed by atoms with van der Waals surface area (Å²) in [5, 5.41) is 13.9. The second-order valence-corrected chi connectivity index (χ2v) is 5.41. The highest BCUT2D eigenvalue weighted by molar-refractivity contribution is 7.99. The van der Waals surface area contributed by atoms with Gasteiger partial charge in [-0.15, -0.1) is 11.8 Å². The van der Waals surface area contributed by atoms with Crippen molar-refractivity contribution < 1.29 is 4.92 Å². The zero-order chi connectivity index (χ0) is 14.4. The van der Waals surface area contributed by atoms with Gasteiger partial charge in [0, 0.05) is 28.8 Å². The van der Waals surface area contributed by atoms with E-state index in [-0.39, 0.29) is 16.7 Å². The Morgan fingerprint density at radius 1 is 1.15 bits per heavy atom. The third-order valence-electron chi connectivity index (χ3n) is 3.01. The van der Waals surface area contributed by atoms with Crippen LogP contribution in [-0.2, 0) is 0 Å². The average Bonchev–Trinajstić information content (AvgIpc) is 2.49. The summed E-state index contributed by atoms with van der Waals surface area (Å²) in [6, 6.07) is 17.2. The van der Waals surface area contributed by atoms with Gasteiger partial charge < -0.3 is 5.32 Å². The van der Waals surface area contributed by atoms with E-state index in [1.807, 2.05) is 25.2 Å². The molecule has 0 fully saturated rings. The van der Waals surface area contributed by atoms with Crippen molar-refractivity contribution in [3.63, 3.8) is 0 Å². The van der Waals surface area contributed by atoms with Gasteiger partial charge in [0.25, 0.3) is 5.69 Å². The molecule has 0 spiro atoms. The first kappa shape index (κ1) is 14.6. The van der Waals surface area contributed by atoms with Crippen LogP contribution < -0.4 is 5.32 Å². The highest BCUT2D eigenvalue weighted by Crippen LogP contribution is 2.26. The maximum absolute atomic E-state index is 10.6. The molecule has 20 heavy (non-hydrogen) atoms. The lowest BCUT2D eigenvalue weighted by molar-refractivity contribution is -0.384. The summed E-state index contributed by atoms with van der Waals surface area (Å²) in [4.78, 5) is 11.3. The van der Waals surface area contributed by atoms with Crippen molar-refractivity contribution in [2.75, 3.05) is 12.8 Å². The molecule has 104 valence electrons. The lowest BCUT2D eigenvalue weighted by Crippen LogP contribution is -2.18. The van der Waals surface area contributed by atoms with Crippen LogP contribution in [-0.4, -0.2) is 17.7 Å². The van der Waals surface area contributed by atoms with Crippen LogP contribution in [0.2, 0.25) is 0 Å². The normalized spacial score (nSPS) is 12.1. The number of hydrogen-bond donors (Lipinski definition) is 1. The van der Waals surface area contributed by atoms with E-state index in [1.54, 1.807) is 36.0 Å². The van der Waals surface area contributed by atoms with Crippen LogP contribution in [0.15, 0.2) is 59.5 Å². The van der Waals surface area contributed by atoms with Crippen molar-refractivity contribution in [3.05, 3.63) is 70.3 Å². The van der Waals surface area contributed by atoms with Crippen LogP contribution in [0.1, 0.15) is 11.6 Å². The molecule has 0 aliphatic rings. The zero-order valence-electron chi connectivity index (χ0n) is 11.2. The first-order valence-electron chi connectivity index (χ1n) is 6.30. The molecule has 2 rings (SSSR count). The average molecular weight is 288 g/mol. The van der Waals surface area contributed by atoms with Gasteiger partial charge in [0.05, 0.1) is 4.92 Å². The SMILES string of the molecule is CNC(CSc1ccc([N+](=O)[O-])cc1)c1ccccc1. The van der Waals surface area contributed by atoms with Crippen molar-refractivity contribution in [3.8, 4) is 0 Å². The molecule has 0 aliphatic heterocycles. The van der Waals surface area contributed by atoms with Crippen LogP contribution >= 0.6 is 11.8 Å². The summed E-state index contributed by atoms with van der Waals surface area (Å²) in [5.74, 6) is 0.873. The van der Waals surface area contributed by atoms with Gasteiger partial charge in [-0.05, 0) is 24.7 Å². The molecule has 0 aromatic heterocycles. The number of benzene rings is 2. The quantitative estimate of drug-likeness (QED) is 0.501. The minimum Gasteiger partial charge on any atom is -0.312 e. The topological polar surface area (TPSA) is 55.2 Å². The minimum atomic E-state index is -0.380. The van der Waals surface area contributed by atoms with Gasteiger partial charge in [0.2, 0.25) is 0 Å². The maximum Gasteiger partial charge on any atom is 0.269 e. The van der Waals surface area contributed by atoms with Gasteiger partial charge in [-0.2, -0.15) is 0 Å². The standard InChI is InChI=1S/C15H16N2O2S/c1-16-15(12-5-3-2-4-6-12)11-20-14-9-7-13(8-10-14)17(18)19/h2-10,15-16H,11H2,1H3. The van der Waals surface area contributed by atoms with Crippen molar-refractivity contribution in [2.45, 2.75) is 10.9 Å². The van der Waals surface area contributed by atoms with Crippen LogP contribution in [0.5, 0.6) is 0 Å². The van der Waals surface area contributed by atoms with E-state index < -0.39 is 0 Å². The molecule has 0 radical (unpaired) electrons. The number of nitrogens with zero attached hydrogens (tertiary/aromatic N) is 1. The number of nitrogens with one attached hydrogen (secondary N) is 1. The van der Waals surface area contributed by atoms with Crippen molar-refractivity contribution >= 4 is 17.4 Å². The van der Waals surface area contributed by atoms with Gasteiger partial charge in [0.15, 0.2) is 0 Å². The fourth-order valence-electron chi connectivity index (χ4n) is 1.88. The van der Waals surface area contributed by atoms with Crippen LogP contribution in [0.3, 0.4) is 0 Å². The fraction of sp³-hybridized carbons (Fsp3) is 0.200. The summed E-state index contributed by atoms with van der Waals surface area (Å²) in [5.41, 5.74) is 1.37. The molecule has 0 aliphatic carbocycles. The fourth-order valence-corrected chi connectivity index (χ4v) is 2.92. The summed E-state index contributed by atoms with van der Waals surface area (Å²) >= 11 is 1.68. The summed E-state index contributed by atoms with van der Waals surface area (Å²) < 4.78 is 0.